The van der Waals surface area contributed by atoms with Crippen molar-refractivity contribution >= 4 is 17.2 Å². The van der Waals surface area contributed by atoms with Gasteiger partial charge in [0.05, 0.1) is 11.5 Å². The van der Waals surface area contributed by atoms with E-state index in [9.17, 15) is 18.0 Å². The van der Waals surface area contributed by atoms with E-state index in [1.54, 1.807) is 0 Å². The van der Waals surface area contributed by atoms with Crippen LogP contribution in [-0.2, 0) is 11.0 Å². The fourth-order valence-electron chi connectivity index (χ4n) is 3.91. The number of halogens is 3. The minimum atomic E-state index is -4.44. The molecule has 1 amide bonds. The largest absolute Gasteiger partial charge is 0.434 e. The molecule has 0 spiro atoms. The van der Waals surface area contributed by atoms with Gasteiger partial charge < -0.3 is 10.6 Å². The van der Waals surface area contributed by atoms with Gasteiger partial charge in [0.25, 0.3) is 0 Å². The fourth-order valence-corrected chi connectivity index (χ4v) is 4.87. The minimum absolute atomic E-state index is 0.0344. The van der Waals surface area contributed by atoms with Crippen LogP contribution in [0, 0.1) is 11.3 Å². The summed E-state index contributed by atoms with van der Waals surface area (Å²) in [5.41, 5.74) is -1.29. The van der Waals surface area contributed by atoms with E-state index in [1.165, 1.54) is 0 Å². The van der Waals surface area contributed by atoms with Crippen LogP contribution in [0.15, 0.2) is 5.38 Å². The number of aromatic nitrogens is 1. The van der Waals surface area contributed by atoms with Crippen molar-refractivity contribution in [1.29, 1.82) is 0 Å². The lowest BCUT2D eigenvalue weighted by atomic mass is 9.67. The van der Waals surface area contributed by atoms with E-state index < -0.39 is 23.3 Å². The standard InChI is InChI=1S/C16H22F3N3OS/c1-2-11(13-22-12(8-24-13)16(17,18)19)21-14(23)15-6-4-3-5-10(15)7-20-9-15/h8,10-11,20H,2-7,9H2,1H3,(H,21,23)/t10-,11?,15+/m0/s1. The molecule has 4 nitrogen and oxygen atoms in total. The van der Waals surface area contributed by atoms with Crippen molar-refractivity contribution in [3.63, 3.8) is 0 Å². The molecule has 1 aromatic heterocycles. The van der Waals surface area contributed by atoms with Crippen LogP contribution in [0.3, 0.4) is 0 Å². The van der Waals surface area contributed by atoms with E-state index in [-0.39, 0.29) is 5.91 Å². The zero-order chi connectivity index (χ0) is 17.4. The quantitative estimate of drug-likeness (QED) is 0.863. The number of rotatable bonds is 4. The van der Waals surface area contributed by atoms with Crippen molar-refractivity contribution in [3.8, 4) is 0 Å². The number of fused-ring (bicyclic) bond motifs is 1. The summed E-state index contributed by atoms with van der Waals surface area (Å²) in [6.45, 7) is 3.35. The summed E-state index contributed by atoms with van der Waals surface area (Å²) in [6.07, 6.45) is 0.119. The fraction of sp³-hybridized carbons (Fsp3) is 0.750. The smallest absolute Gasteiger partial charge is 0.346 e. The van der Waals surface area contributed by atoms with E-state index in [2.05, 4.69) is 15.6 Å². The summed E-state index contributed by atoms with van der Waals surface area (Å²) in [6, 6.07) is -0.462. The first-order valence-electron chi connectivity index (χ1n) is 8.41. The van der Waals surface area contributed by atoms with Gasteiger partial charge in [-0.05, 0) is 31.7 Å². The van der Waals surface area contributed by atoms with Crippen LogP contribution >= 0.6 is 11.3 Å². The number of nitrogens with one attached hydrogen (secondary N) is 2. The predicted octanol–water partition coefficient (Wildman–Crippen LogP) is 3.51. The number of hydrogen-bond acceptors (Lipinski definition) is 4. The van der Waals surface area contributed by atoms with Crippen LogP contribution in [0.25, 0.3) is 0 Å². The van der Waals surface area contributed by atoms with E-state index in [4.69, 9.17) is 0 Å². The van der Waals surface area contributed by atoms with Crippen molar-refractivity contribution in [2.75, 3.05) is 13.1 Å². The number of hydrogen-bond donors (Lipinski definition) is 2. The molecular weight excluding hydrogens is 339 g/mol. The molecule has 3 rings (SSSR count). The number of alkyl halides is 3. The van der Waals surface area contributed by atoms with Gasteiger partial charge in [0.1, 0.15) is 5.01 Å². The molecule has 24 heavy (non-hydrogen) atoms. The van der Waals surface area contributed by atoms with Crippen LogP contribution in [0.1, 0.15) is 55.8 Å². The zero-order valence-corrected chi connectivity index (χ0v) is 14.4. The second kappa shape index (κ2) is 6.63. The number of carbonyl (C=O) groups excluding carboxylic acids is 1. The minimum Gasteiger partial charge on any atom is -0.346 e. The Labute approximate surface area is 143 Å². The maximum absolute atomic E-state index is 13.0. The molecule has 2 N–H and O–H groups in total. The van der Waals surface area contributed by atoms with E-state index in [0.29, 0.717) is 23.9 Å². The van der Waals surface area contributed by atoms with Crippen molar-refractivity contribution in [2.45, 2.75) is 51.2 Å². The van der Waals surface area contributed by atoms with Crippen molar-refractivity contribution < 1.29 is 18.0 Å². The molecule has 0 bridgehead atoms. The zero-order valence-electron chi connectivity index (χ0n) is 13.6. The number of amides is 1. The molecule has 0 radical (unpaired) electrons. The first-order chi connectivity index (χ1) is 11.4. The van der Waals surface area contributed by atoms with Gasteiger partial charge in [-0.15, -0.1) is 11.3 Å². The van der Waals surface area contributed by atoms with Gasteiger partial charge in [-0.2, -0.15) is 13.2 Å². The molecule has 1 saturated heterocycles. The van der Waals surface area contributed by atoms with Gasteiger partial charge in [0.15, 0.2) is 5.69 Å². The lowest BCUT2D eigenvalue weighted by Gasteiger charge is -2.38. The van der Waals surface area contributed by atoms with Gasteiger partial charge in [-0.25, -0.2) is 4.98 Å². The summed E-state index contributed by atoms with van der Waals surface area (Å²) >= 11 is 0.959. The highest BCUT2D eigenvalue weighted by molar-refractivity contribution is 7.09. The number of carbonyl (C=O) groups is 1. The highest BCUT2D eigenvalue weighted by atomic mass is 32.1. The Balaban J connectivity index is 1.75. The third-order valence-electron chi connectivity index (χ3n) is 5.31. The van der Waals surface area contributed by atoms with Crippen molar-refractivity contribution in [2.24, 2.45) is 11.3 Å². The number of nitrogens with zero attached hydrogens (tertiary/aromatic N) is 1. The maximum atomic E-state index is 13.0. The van der Waals surface area contributed by atoms with Crippen molar-refractivity contribution in [1.82, 2.24) is 15.6 Å². The Morgan fingerprint density at radius 1 is 1.54 bits per heavy atom. The molecule has 2 heterocycles. The lowest BCUT2D eigenvalue weighted by molar-refractivity contribution is -0.140. The van der Waals surface area contributed by atoms with Gasteiger partial charge in [0.2, 0.25) is 5.91 Å². The van der Waals surface area contributed by atoms with Crippen LogP contribution in [-0.4, -0.2) is 24.0 Å². The molecule has 2 aliphatic rings. The predicted molar refractivity (Wildman–Crippen MR) is 85.6 cm³/mol. The number of thiazole rings is 1. The SMILES string of the molecule is CCC(NC(=O)[C@@]12CCCC[C@H]1CNC2)c1nc(C(F)(F)F)cs1. The van der Waals surface area contributed by atoms with Crippen LogP contribution < -0.4 is 10.6 Å². The second-order valence-electron chi connectivity index (χ2n) is 6.73. The van der Waals surface area contributed by atoms with Gasteiger partial charge in [-0.3, -0.25) is 4.79 Å². The molecule has 1 aromatic rings. The Bertz CT molecular complexity index is 604. The summed E-state index contributed by atoms with van der Waals surface area (Å²) in [4.78, 5) is 16.6. The molecule has 1 aliphatic carbocycles. The third-order valence-corrected chi connectivity index (χ3v) is 6.27. The first-order valence-corrected chi connectivity index (χ1v) is 9.29. The monoisotopic (exact) mass is 361 g/mol. The van der Waals surface area contributed by atoms with Crippen LogP contribution in [0.2, 0.25) is 0 Å². The summed E-state index contributed by atoms with van der Waals surface area (Å²) in [7, 11) is 0. The van der Waals surface area contributed by atoms with Crippen molar-refractivity contribution in [3.05, 3.63) is 16.1 Å². The lowest BCUT2D eigenvalue weighted by Crippen LogP contribution is -2.48. The molecule has 2 fully saturated rings. The van der Waals surface area contributed by atoms with Gasteiger partial charge in [-0.1, -0.05) is 19.8 Å². The van der Waals surface area contributed by atoms with E-state index >= 15 is 0 Å². The first kappa shape index (κ1) is 17.7. The Morgan fingerprint density at radius 3 is 3.00 bits per heavy atom. The topological polar surface area (TPSA) is 54.0 Å². The third kappa shape index (κ3) is 3.18. The van der Waals surface area contributed by atoms with E-state index in [0.717, 1.165) is 48.9 Å². The highest BCUT2D eigenvalue weighted by Crippen LogP contribution is 2.44. The molecule has 8 heteroatoms. The molecule has 1 saturated carbocycles. The van der Waals surface area contributed by atoms with Crippen LogP contribution in [0.5, 0.6) is 0 Å². The molecule has 1 aliphatic heterocycles. The highest BCUT2D eigenvalue weighted by Gasteiger charge is 2.50. The second-order valence-corrected chi connectivity index (χ2v) is 7.62. The average molecular weight is 361 g/mol. The maximum Gasteiger partial charge on any atom is 0.434 e. The average Bonchev–Trinajstić information content (AvgIpc) is 3.19. The van der Waals surface area contributed by atoms with E-state index in [1.807, 2.05) is 6.92 Å². The molecule has 0 aromatic carbocycles. The molecule has 3 atom stereocenters. The molecular formula is C16H22F3N3OS. The summed E-state index contributed by atoms with van der Waals surface area (Å²) < 4.78 is 38.2. The summed E-state index contributed by atoms with van der Waals surface area (Å²) in [5, 5.41) is 7.64. The Hall–Kier alpha value is -1.15. The Kier molecular flexibility index (Phi) is 4.88. The van der Waals surface area contributed by atoms with Gasteiger partial charge in [0, 0.05) is 11.9 Å². The summed E-state index contributed by atoms with van der Waals surface area (Å²) in [5.74, 6) is 0.290. The molecule has 1 unspecified atom stereocenters. The van der Waals surface area contributed by atoms with Crippen LogP contribution in [0.4, 0.5) is 13.2 Å². The van der Waals surface area contributed by atoms with Gasteiger partial charge >= 0.3 is 6.18 Å². The normalized spacial score (nSPS) is 28.4. The molecule has 134 valence electrons. The Morgan fingerprint density at radius 2 is 2.33 bits per heavy atom.